The van der Waals surface area contributed by atoms with Crippen molar-refractivity contribution in [1.82, 2.24) is 9.80 Å². The van der Waals surface area contributed by atoms with Crippen LogP contribution in [0.2, 0.25) is 0 Å². The zero-order valence-electron chi connectivity index (χ0n) is 11.7. The number of thioether (sulfide) groups is 1. The van der Waals surface area contributed by atoms with Gasteiger partial charge in [0.15, 0.2) is 0 Å². The number of aliphatic carboxylic acids is 1. The maximum atomic E-state index is 12.5. The fourth-order valence-electron chi connectivity index (χ4n) is 2.71. The summed E-state index contributed by atoms with van der Waals surface area (Å²) in [6.07, 6.45) is 1.07. The molecule has 21 heavy (non-hydrogen) atoms. The van der Waals surface area contributed by atoms with Gasteiger partial charge in [0.2, 0.25) is 0 Å². The van der Waals surface area contributed by atoms with E-state index in [9.17, 15) is 9.59 Å². The Morgan fingerprint density at radius 2 is 2.00 bits per heavy atom. The topological polar surface area (TPSA) is 60.9 Å². The summed E-state index contributed by atoms with van der Waals surface area (Å²) >= 11 is 3.56. The molecule has 1 fully saturated rings. The molecule has 1 N–H and O–H groups in total. The zero-order chi connectivity index (χ0) is 14.8. The monoisotopic (exact) mass is 326 g/mol. The quantitative estimate of drug-likeness (QED) is 0.909. The molecule has 2 aliphatic heterocycles. The summed E-state index contributed by atoms with van der Waals surface area (Å²) in [5, 5.41) is 8.79. The third kappa shape index (κ3) is 3.41. The van der Waals surface area contributed by atoms with Crippen LogP contribution in [-0.4, -0.2) is 65.3 Å². The average molecular weight is 326 g/mol. The van der Waals surface area contributed by atoms with Gasteiger partial charge in [-0.2, -0.15) is 11.8 Å². The van der Waals surface area contributed by atoms with Gasteiger partial charge in [0.1, 0.15) is 0 Å². The van der Waals surface area contributed by atoms with Crippen LogP contribution < -0.4 is 0 Å². The Bertz CT molecular complexity index is 527. The Morgan fingerprint density at radius 3 is 2.67 bits per heavy atom. The van der Waals surface area contributed by atoms with Crippen LogP contribution >= 0.6 is 23.1 Å². The molecule has 1 aromatic rings. The van der Waals surface area contributed by atoms with E-state index in [-0.39, 0.29) is 12.5 Å². The lowest BCUT2D eigenvalue weighted by Gasteiger charge is -2.33. The maximum absolute atomic E-state index is 12.5. The second kappa shape index (κ2) is 6.37. The number of piperazine rings is 1. The molecule has 2 aliphatic rings. The Balaban J connectivity index is 1.61. The minimum absolute atomic E-state index is 0.0621. The largest absolute Gasteiger partial charge is 0.480 e. The Kier molecular flexibility index (Phi) is 4.51. The first-order valence-corrected chi connectivity index (χ1v) is 9.03. The van der Waals surface area contributed by atoms with Crippen molar-refractivity contribution in [3.8, 4) is 0 Å². The summed E-state index contributed by atoms with van der Waals surface area (Å²) in [5.41, 5.74) is 1.32. The van der Waals surface area contributed by atoms with E-state index in [0.29, 0.717) is 26.2 Å². The molecular weight excluding hydrogens is 308 g/mol. The fourth-order valence-corrected chi connectivity index (χ4v) is 5.05. The lowest BCUT2D eigenvalue weighted by atomic mass is 10.2. The molecule has 0 unspecified atom stereocenters. The number of aryl methyl sites for hydroxylation is 1. The van der Waals surface area contributed by atoms with E-state index in [1.54, 1.807) is 11.3 Å². The fraction of sp³-hybridized carbons (Fsp3) is 0.571. The number of fused-ring (bicyclic) bond motifs is 1. The predicted molar refractivity (Wildman–Crippen MR) is 84.2 cm³/mol. The minimum Gasteiger partial charge on any atom is -0.480 e. The van der Waals surface area contributed by atoms with E-state index in [1.165, 1.54) is 10.4 Å². The molecule has 1 aromatic heterocycles. The molecule has 0 saturated carbocycles. The lowest BCUT2D eigenvalue weighted by molar-refractivity contribution is -0.138. The molecule has 0 bridgehead atoms. The Labute approximate surface area is 131 Å². The molecule has 5 nitrogen and oxygen atoms in total. The highest BCUT2D eigenvalue weighted by molar-refractivity contribution is 7.98. The van der Waals surface area contributed by atoms with Gasteiger partial charge in [-0.05, 0) is 23.8 Å². The number of nitrogens with zero attached hydrogens (tertiary/aromatic N) is 2. The number of carbonyl (C=O) groups excluding carboxylic acids is 1. The van der Waals surface area contributed by atoms with Crippen molar-refractivity contribution >= 4 is 35.0 Å². The molecule has 0 radical (unpaired) electrons. The van der Waals surface area contributed by atoms with Gasteiger partial charge in [-0.25, -0.2) is 0 Å². The van der Waals surface area contributed by atoms with Crippen molar-refractivity contribution in [2.24, 2.45) is 0 Å². The van der Waals surface area contributed by atoms with Gasteiger partial charge >= 0.3 is 5.97 Å². The highest BCUT2D eigenvalue weighted by atomic mass is 32.2. The van der Waals surface area contributed by atoms with Gasteiger partial charge in [0, 0.05) is 36.8 Å². The second-order valence-electron chi connectivity index (χ2n) is 5.32. The third-order valence-corrected chi connectivity index (χ3v) is 6.09. The van der Waals surface area contributed by atoms with Crippen molar-refractivity contribution < 1.29 is 14.7 Å². The molecule has 114 valence electrons. The number of hydrogen-bond donors (Lipinski definition) is 1. The number of rotatable bonds is 3. The number of carbonyl (C=O) groups is 2. The van der Waals surface area contributed by atoms with Gasteiger partial charge in [0.25, 0.3) is 5.91 Å². The van der Waals surface area contributed by atoms with Gasteiger partial charge in [-0.15, -0.1) is 11.3 Å². The average Bonchev–Trinajstić information content (AvgIpc) is 2.90. The maximum Gasteiger partial charge on any atom is 0.317 e. The van der Waals surface area contributed by atoms with Crippen molar-refractivity contribution in [2.45, 2.75) is 12.2 Å². The molecule has 0 spiro atoms. The van der Waals surface area contributed by atoms with Crippen molar-refractivity contribution in [2.75, 3.05) is 38.5 Å². The molecule has 0 aromatic carbocycles. The van der Waals surface area contributed by atoms with Gasteiger partial charge in [0.05, 0.1) is 11.4 Å². The lowest BCUT2D eigenvalue weighted by Crippen LogP contribution is -2.49. The SMILES string of the molecule is O=C(O)CN1CCN(C(=O)c2cc3c(s2)CCSC3)CC1. The highest BCUT2D eigenvalue weighted by Gasteiger charge is 2.25. The second-order valence-corrected chi connectivity index (χ2v) is 7.57. The molecule has 7 heteroatoms. The van der Waals surface area contributed by atoms with Crippen LogP contribution in [0.25, 0.3) is 0 Å². The van der Waals surface area contributed by atoms with Crippen molar-refractivity contribution in [3.05, 3.63) is 21.4 Å². The van der Waals surface area contributed by atoms with Crippen LogP contribution in [0.3, 0.4) is 0 Å². The molecule has 0 aliphatic carbocycles. The first-order chi connectivity index (χ1) is 10.1. The van der Waals surface area contributed by atoms with E-state index in [2.05, 4.69) is 6.07 Å². The zero-order valence-corrected chi connectivity index (χ0v) is 13.3. The molecule has 3 heterocycles. The molecule has 1 saturated heterocycles. The molecule has 1 amide bonds. The van der Waals surface area contributed by atoms with Gasteiger partial charge in [-0.1, -0.05) is 0 Å². The van der Waals surface area contributed by atoms with E-state index in [0.717, 1.165) is 22.8 Å². The molecule has 3 rings (SSSR count). The summed E-state index contributed by atoms with van der Waals surface area (Å²) in [7, 11) is 0. The minimum atomic E-state index is -0.807. The molecule has 0 atom stereocenters. The van der Waals surface area contributed by atoms with Crippen LogP contribution in [-0.2, 0) is 17.0 Å². The third-order valence-electron chi connectivity index (χ3n) is 3.86. The number of hydrogen-bond acceptors (Lipinski definition) is 5. The summed E-state index contributed by atoms with van der Waals surface area (Å²) in [6, 6.07) is 2.05. The van der Waals surface area contributed by atoms with Crippen LogP contribution in [0.15, 0.2) is 6.07 Å². The van der Waals surface area contributed by atoms with E-state index in [1.807, 2.05) is 21.6 Å². The van der Waals surface area contributed by atoms with Crippen LogP contribution in [0.5, 0.6) is 0 Å². The summed E-state index contributed by atoms with van der Waals surface area (Å²) < 4.78 is 0. The van der Waals surface area contributed by atoms with E-state index < -0.39 is 5.97 Å². The van der Waals surface area contributed by atoms with E-state index >= 15 is 0 Å². The first kappa shape index (κ1) is 14.9. The van der Waals surface area contributed by atoms with Crippen molar-refractivity contribution in [1.29, 1.82) is 0 Å². The van der Waals surface area contributed by atoms with E-state index in [4.69, 9.17) is 5.11 Å². The first-order valence-electron chi connectivity index (χ1n) is 7.06. The standard InChI is InChI=1S/C14H18N2O3S2/c17-13(18)8-15-2-4-16(5-3-15)14(19)12-7-10-9-20-6-1-11(10)21-12/h7H,1-6,8-9H2,(H,17,18). The number of thiophene rings is 1. The summed E-state index contributed by atoms with van der Waals surface area (Å²) in [4.78, 5) is 29.2. The smallest absolute Gasteiger partial charge is 0.317 e. The van der Waals surface area contributed by atoms with Crippen LogP contribution in [0.4, 0.5) is 0 Å². The van der Waals surface area contributed by atoms with Crippen LogP contribution in [0, 0.1) is 0 Å². The number of carboxylic acid groups (broad SMARTS) is 1. The van der Waals surface area contributed by atoms with Crippen molar-refractivity contribution in [3.63, 3.8) is 0 Å². The Hall–Kier alpha value is -1.05. The predicted octanol–water partition coefficient (Wildman–Crippen LogP) is 1.38. The normalized spacial score (nSPS) is 19.3. The van der Waals surface area contributed by atoms with Gasteiger partial charge in [-0.3, -0.25) is 14.5 Å². The van der Waals surface area contributed by atoms with Gasteiger partial charge < -0.3 is 10.0 Å². The number of carboxylic acids is 1. The van der Waals surface area contributed by atoms with Crippen LogP contribution in [0.1, 0.15) is 20.1 Å². The highest BCUT2D eigenvalue weighted by Crippen LogP contribution is 2.32. The number of amides is 1. The summed E-state index contributed by atoms with van der Waals surface area (Å²) in [5.74, 6) is 1.47. The Morgan fingerprint density at radius 1 is 1.24 bits per heavy atom. The molecular formula is C14H18N2O3S2. The summed E-state index contributed by atoms with van der Waals surface area (Å²) in [6.45, 7) is 2.57.